The number of phenolic OH excluding ortho intramolecular Hbond substituents is 1. The SMILES string of the molecule is Cc1ccc(C(=O)Nc2cccc(C(=O)N/N=C\c3ccc(O)cc3)c2)cc1. The number of carbonyl (C=O) groups excluding carboxylic acids is 2. The Balaban J connectivity index is 1.63. The number of nitrogens with zero attached hydrogens (tertiary/aromatic N) is 1. The summed E-state index contributed by atoms with van der Waals surface area (Å²) in [5.74, 6) is -0.491. The molecule has 0 saturated heterocycles. The summed E-state index contributed by atoms with van der Waals surface area (Å²) in [6, 6.07) is 20.2. The molecule has 0 aromatic heterocycles. The van der Waals surface area contributed by atoms with Crippen LogP contribution in [-0.4, -0.2) is 23.1 Å². The summed E-state index contributed by atoms with van der Waals surface area (Å²) >= 11 is 0. The molecule has 0 aliphatic carbocycles. The van der Waals surface area contributed by atoms with Gasteiger partial charge in [-0.2, -0.15) is 5.10 Å². The molecule has 6 heteroatoms. The number of hydrazone groups is 1. The van der Waals surface area contributed by atoms with Crippen LogP contribution >= 0.6 is 0 Å². The number of nitrogens with one attached hydrogen (secondary N) is 2. The van der Waals surface area contributed by atoms with Crippen LogP contribution in [0, 0.1) is 6.92 Å². The number of benzene rings is 3. The number of aryl methyl sites for hydroxylation is 1. The standard InChI is InChI=1S/C22H19N3O3/c1-15-5-9-17(10-6-15)21(27)24-19-4-2-3-18(13-19)22(28)25-23-14-16-7-11-20(26)12-8-16/h2-14,26H,1H3,(H,24,27)(H,25,28)/b23-14-. The Kier molecular flexibility index (Phi) is 5.81. The van der Waals surface area contributed by atoms with E-state index in [1.165, 1.54) is 18.3 Å². The molecule has 0 unspecified atom stereocenters. The molecular weight excluding hydrogens is 354 g/mol. The average Bonchev–Trinajstić information content (AvgIpc) is 2.70. The first-order valence-electron chi connectivity index (χ1n) is 8.62. The molecule has 3 aromatic carbocycles. The van der Waals surface area contributed by atoms with Crippen LogP contribution in [0.4, 0.5) is 5.69 Å². The van der Waals surface area contributed by atoms with E-state index in [0.717, 1.165) is 11.1 Å². The van der Waals surface area contributed by atoms with E-state index in [0.29, 0.717) is 16.8 Å². The molecule has 3 rings (SSSR count). The van der Waals surface area contributed by atoms with Gasteiger partial charge in [-0.05, 0) is 67.1 Å². The molecule has 3 aromatic rings. The fourth-order valence-electron chi connectivity index (χ4n) is 2.44. The van der Waals surface area contributed by atoms with Crippen molar-refractivity contribution in [3.63, 3.8) is 0 Å². The van der Waals surface area contributed by atoms with E-state index in [1.807, 2.05) is 19.1 Å². The number of rotatable bonds is 5. The third-order valence-electron chi connectivity index (χ3n) is 3.97. The summed E-state index contributed by atoms with van der Waals surface area (Å²) in [6.45, 7) is 1.95. The van der Waals surface area contributed by atoms with Gasteiger partial charge >= 0.3 is 0 Å². The van der Waals surface area contributed by atoms with E-state index in [2.05, 4.69) is 15.8 Å². The molecule has 0 fully saturated rings. The van der Waals surface area contributed by atoms with Gasteiger partial charge in [-0.3, -0.25) is 9.59 Å². The molecule has 28 heavy (non-hydrogen) atoms. The first-order valence-corrected chi connectivity index (χ1v) is 8.62. The van der Waals surface area contributed by atoms with E-state index in [1.54, 1.807) is 48.5 Å². The number of amides is 2. The lowest BCUT2D eigenvalue weighted by atomic mass is 10.1. The smallest absolute Gasteiger partial charge is 0.271 e. The van der Waals surface area contributed by atoms with E-state index in [9.17, 15) is 14.7 Å². The lowest BCUT2D eigenvalue weighted by Crippen LogP contribution is -2.18. The predicted octanol–water partition coefficient (Wildman–Crippen LogP) is 3.72. The Morgan fingerprint density at radius 3 is 2.32 bits per heavy atom. The van der Waals surface area contributed by atoms with Crippen molar-refractivity contribution in [2.45, 2.75) is 6.92 Å². The van der Waals surface area contributed by atoms with Crippen molar-refractivity contribution in [2.75, 3.05) is 5.32 Å². The molecule has 0 heterocycles. The molecule has 140 valence electrons. The number of carbonyl (C=O) groups is 2. The minimum absolute atomic E-state index is 0.158. The van der Waals surface area contributed by atoms with Crippen molar-refractivity contribution >= 4 is 23.7 Å². The van der Waals surface area contributed by atoms with Gasteiger partial charge in [0.05, 0.1) is 6.21 Å². The zero-order valence-corrected chi connectivity index (χ0v) is 15.2. The van der Waals surface area contributed by atoms with E-state index in [4.69, 9.17) is 0 Å². The van der Waals surface area contributed by atoms with Gasteiger partial charge in [-0.1, -0.05) is 23.8 Å². The summed E-state index contributed by atoms with van der Waals surface area (Å²) in [5.41, 5.74) is 5.66. The molecular formula is C22H19N3O3. The fourth-order valence-corrected chi connectivity index (χ4v) is 2.44. The van der Waals surface area contributed by atoms with Crippen molar-refractivity contribution in [3.8, 4) is 5.75 Å². The van der Waals surface area contributed by atoms with Crippen molar-refractivity contribution in [3.05, 3.63) is 95.1 Å². The Morgan fingerprint density at radius 1 is 0.893 bits per heavy atom. The average molecular weight is 373 g/mol. The maximum Gasteiger partial charge on any atom is 0.271 e. The Hall–Kier alpha value is -3.93. The molecule has 0 atom stereocenters. The second kappa shape index (κ2) is 8.64. The molecule has 0 spiro atoms. The van der Waals surface area contributed by atoms with Crippen molar-refractivity contribution < 1.29 is 14.7 Å². The van der Waals surface area contributed by atoms with Gasteiger partial charge < -0.3 is 10.4 Å². The van der Waals surface area contributed by atoms with Crippen LogP contribution in [0.1, 0.15) is 31.8 Å². The summed E-state index contributed by atoms with van der Waals surface area (Å²) in [6.07, 6.45) is 1.47. The molecule has 2 amide bonds. The first kappa shape index (κ1) is 18.8. The van der Waals surface area contributed by atoms with Crippen LogP contribution in [0.2, 0.25) is 0 Å². The van der Waals surface area contributed by atoms with Crippen LogP contribution in [0.3, 0.4) is 0 Å². The van der Waals surface area contributed by atoms with Crippen molar-refractivity contribution in [2.24, 2.45) is 5.10 Å². The highest BCUT2D eigenvalue weighted by Gasteiger charge is 2.09. The lowest BCUT2D eigenvalue weighted by molar-refractivity contribution is 0.0953. The van der Waals surface area contributed by atoms with Gasteiger partial charge in [0.2, 0.25) is 0 Å². The number of hydrogen-bond donors (Lipinski definition) is 3. The summed E-state index contributed by atoms with van der Waals surface area (Å²) < 4.78 is 0. The first-order chi connectivity index (χ1) is 13.5. The molecule has 0 radical (unpaired) electrons. The molecule has 0 bridgehead atoms. The molecule has 0 saturated carbocycles. The minimum atomic E-state index is -0.401. The zero-order chi connectivity index (χ0) is 19.9. The number of phenols is 1. The summed E-state index contributed by atoms with van der Waals surface area (Å²) in [7, 11) is 0. The predicted molar refractivity (Wildman–Crippen MR) is 109 cm³/mol. The Morgan fingerprint density at radius 2 is 1.61 bits per heavy atom. The number of anilines is 1. The second-order valence-electron chi connectivity index (χ2n) is 6.19. The third-order valence-corrected chi connectivity index (χ3v) is 3.97. The highest BCUT2D eigenvalue weighted by Crippen LogP contribution is 2.13. The Bertz CT molecular complexity index is 1010. The molecule has 3 N–H and O–H groups in total. The maximum atomic E-state index is 12.3. The lowest BCUT2D eigenvalue weighted by Gasteiger charge is -2.07. The van der Waals surface area contributed by atoms with Gasteiger partial charge in [-0.15, -0.1) is 0 Å². The van der Waals surface area contributed by atoms with E-state index >= 15 is 0 Å². The summed E-state index contributed by atoms with van der Waals surface area (Å²) in [5, 5.41) is 15.9. The number of aromatic hydroxyl groups is 1. The van der Waals surface area contributed by atoms with E-state index in [-0.39, 0.29) is 11.7 Å². The number of hydrogen-bond acceptors (Lipinski definition) is 4. The quantitative estimate of drug-likeness (QED) is 0.470. The molecule has 6 nitrogen and oxygen atoms in total. The normalized spacial score (nSPS) is 10.6. The van der Waals surface area contributed by atoms with Crippen LogP contribution in [0.5, 0.6) is 5.75 Å². The minimum Gasteiger partial charge on any atom is -0.508 e. The monoisotopic (exact) mass is 373 g/mol. The molecule has 0 aliphatic heterocycles. The van der Waals surface area contributed by atoms with Gasteiger partial charge in [-0.25, -0.2) is 5.43 Å². The van der Waals surface area contributed by atoms with Crippen LogP contribution in [0.25, 0.3) is 0 Å². The van der Waals surface area contributed by atoms with Gasteiger partial charge in [0.1, 0.15) is 5.75 Å². The van der Waals surface area contributed by atoms with Crippen molar-refractivity contribution in [1.82, 2.24) is 5.43 Å². The van der Waals surface area contributed by atoms with Gasteiger partial charge in [0.15, 0.2) is 0 Å². The second-order valence-corrected chi connectivity index (χ2v) is 6.19. The largest absolute Gasteiger partial charge is 0.508 e. The van der Waals surface area contributed by atoms with Crippen LogP contribution < -0.4 is 10.7 Å². The third kappa shape index (κ3) is 5.04. The summed E-state index contributed by atoms with van der Waals surface area (Å²) in [4.78, 5) is 24.6. The van der Waals surface area contributed by atoms with Gasteiger partial charge in [0, 0.05) is 16.8 Å². The maximum absolute atomic E-state index is 12.3. The topological polar surface area (TPSA) is 90.8 Å². The Labute approximate surface area is 162 Å². The van der Waals surface area contributed by atoms with Gasteiger partial charge in [0.25, 0.3) is 11.8 Å². The molecule has 0 aliphatic rings. The van der Waals surface area contributed by atoms with Crippen molar-refractivity contribution in [1.29, 1.82) is 0 Å². The fraction of sp³-hybridized carbons (Fsp3) is 0.0455. The zero-order valence-electron chi connectivity index (χ0n) is 15.2. The highest BCUT2D eigenvalue weighted by atomic mass is 16.3. The highest BCUT2D eigenvalue weighted by molar-refractivity contribution is 6.05. The van der Waals surface area contributed by atoms with Crippen LogP contribution in [-0.2, 0) is 0 Å². The van der Waals surface area contributed by atoms with Crippen LogP contribution in [0.15, 0.2) is 77.9 Å². The van der Waals surface area contributed by atoms with E-state index < -0.39 is 5.91 Å².